The largest absolute Gasteiger partial charge is 0.478 e. The number of carbonyl (C=O) groups is 1. The summed E-state index contributed by atoms with van der Waals surface area (Å²) in [4.78, 5) is 28.2. The number of anilines is 1. The van der Waals surface area contributed by atoms with E-state index in [-0.39, 0.29) is 5.56 Å². The van der Waals surface area contributed by atoms with Gasteiger partial charge in [0.05, 0.1) is 21.3 Å². The summed E-state index contributed by atoms with van der Waals surface area (Å²) in [6.45, 7) is 5.66. The van der Waals surface area contributed by atoms with E-state index in [2.05, 4.69) is 49.9 Å². The van der Waals surface area contributed by atoms with Crippen molar-refractivity contribution in [1.29, 1.82) is 0 Å². The Morgan fingerprint density at radius 3 is 2.58 bits per heavy atom. The molecule has 1 aliphatic heterocycles. The Labute approximate surface area is 154 Å². The maximum atomic E-state index is 10.9. The van der Waals surface area contributed by atoms with Gasteiger partial charge >= 0.3 is 5.97 Å². The van der Waals surface area contributed by atoms with Crippen LogP contribution in [0.3, 0.4) is 0 Å². The molecular formula is C18H19N5O2S. The van der Waals surface area contributed by atoms with Gasteiger partial charge in [-0.15, -0.1) is 11.3 Å². The summed E-state index contributed by atoms with van der Waals surface area (Å²) < 4.78 is 1.22. The zero-order chi connectivity index (χ0) is 18.1. The van der Waals surface area contributed by atoms with Crippen LogP contribution in [0, 0.1) is 0 Å². The number of aromatic nitrogens is 3. The first-order valence-electron chi connectivity index (χ1n) is 8.49. The van der Waals surface area contributed by atoms with Crippen molar-refractivity contribution in [3.05, 3.63) is 47.2 Å². The smallest absolute Gasteiger partial charge is 0.338 e. The molecule has 1 fully saturated rings. The molecule has 0 amide bonds. The molecule has 3 heterocycles. The molecule has 1 atom stereocenters. The van der Waals surface area contributed by atoms with Crippen molar-refractivity contribution in [2.45, 2.75) is 13.0 Å². The molecular weight excluding hydrogens is 350 g/mol. The lowest BCUT2D eigenvalue weighted by molar-refractivity contribution is 0.0696. The van der Waals surface area contributed by atoms with Crippen molar-refractivity contribution in [1.82, 2.24) is 19.9 Å². The second kappa shape index (κ2) is 6.97. The normalized spacial score (nSPS) is 16.7. The number of hydrogen-bond donors (Lipinski definition) is 1. The first-order chi connectivity index (χ1) is 12.6. The van der Waals surface area contributed by atoms with E-state index in [0.717, 1.165) is 31.7 Å². The molecule has 8 heteroatoms. The number of aromatic carboxylic acids is 1. The number of fused-ring (bicyclic) bond motifs is 1. The molecule has 2 aromatic heterocycles. The third kappa shape index (κ3) is 3.25. The van der Waals surface area contributed by atoms with Crippen LogP contribution in [-0.4, -0.2) is 57.1 Å². The minimum Gasteiger partial charge on any atom is -0.478 e. The summed E-state index contributed by atoms with van der Waals surface area (Å²) in [6, 6.07) is 6.83. The van der Waals surface area contributed by atoms with E-state index in [9.17, 15) is 4.79 Å². The van der Waals surface area contributed by atoms with Crippen LogP contribution in [-0.2, 0) is 0 Å². The van der Waals surface area contributed by atoms with Crippen molar-refractivity contribution >= 4 is 33.5 Å². The monoisotopic (exact) mass is 369 g/mol. The second-order valence-corrected chi connectivity index (χ2v) is 7.24. The fourth-order valence-electron chi connectivity index (χ4n) is 3.25. The van der Waals surface area contributed by atoms with Gasteiger partial charge in [-0.25, -0.2) is 19.7 Å². The van der Waals surface area contributed by atoms with Crippen LogP contribution in [0.2, 0.25) is 0 Å². The lowest BCUT2D eigenvalue weighted by Gasteiger charge is -2.38. The highest BCUT2D eigenvalue weighted by Gasteiger charge is 2.23. The summed E-state index contributed by atoms with van der Waals surface area (Å²) in [5.74, 6) is -0.418. The van der Waals surface area contributed by atoms with Crippen molar-refractivity contribution in [2.75, 3.05) is 31.1 Å². The van der Waals surface area contributed by atoms with E-state index in [0.29, 0.717) is 12.0 Å². The molecule has 26 heavy (non-hydrogen) atoms. The van der Waals surface area contributed by atoms with Gasteiger partial charge in [-0.3, -0.25) is 4.90 Å². The average Bonchev–Trinajstić information content (AvgIpc) is 3.15. The van der Waals surface area contributed by atoms with Gasteiger partial charge < -0.3 is 10.0 Å². The number of piperazine rings is 1. The van der Waals surface area contributed by atoms with Gasteiger partial charge in [-0.05, 0) is 24.6 Å². The van der Waals surface area contributed by atoms with Crippen LogP contribution in [0.1, 0.15) is 28.9 Å². The molecule has 1 aromatic carbocycles. The third-order valence-corrected chi connectivity index (χ3v) is 5.68. The number of nitrogens with zero attached hydrogens (tertiary/aromatic N) is 5. The summed E-state index contributed by atoms with van der Waals surface area (Å²) in [7, 11) is 0. The fourth-order valence-corrected chi connectivity index (χ4v) is 3.91. The fraction of sp³-hybridized carbons (Fsp3) is 0.333. The van der Waals surface area contributed by atoms with Gasteiger partial charge in [0, 0.05) is 44.6 Å². The number of benzene rings is 1. The van der Waals surface area contributed by atoms with Gasteiger partial charge in [0.25, 0.3) is 0 Å². The molecule has 0 spiro atoms. The molecule has 3 aromatic rings. The molecule has 7 nitrogen and oxygen atoms in total. The minimum absolute atomic E-state index is 0.110. The molecule has 4 rings (SSSR count). The Kier molecular flexibility index (Phi) is 4.52. The first-order valence-corrected chi connectivity index (χ1v) is 9.37. The molecule has 0 saturated carbocycles. The van der Waals surface area contributed by atoms with Crippen molar-refractivity contribution in [3.63, 3.8) is 0 Å². The van der Waals surface area contributed by atoms with E-state index >= 15 is 0 Å². The maximum Gasteiger partial charge on any atom is 0.338 e. The van der Waals surface area contributed by atoms with Gasteiger partial charge in [0.1, 0.15) is 0 Å². The van der Waals surface area contributed by atoms with Gasteiger partial charge in [-0.2, -0.15) is 0 Å². The summed E-state index contributed by atoms with van der Waals surface area (Å²) in [6.07, 6.45) is 2.73. The van der Waals surface area contributed by atoms with Gasteiger partial charge in [-0.1, -0.05) is 6.07 Å². The predicted octanol–water partition coefficient (Wildman–Crippen LogP) is 2.67. The second-order valence-electron chi connectivity index (χ2n) is 6.36. The highest BCUT2D eigenvalue weighted by atomic mass is 32.1. The molecule has 1 saturated heterocycles. The maximum absolute atomic E-state index is 10.9. The Bertz CT molecular complexity index is 919. The Hall–Kier alpha value is -2.58. The molecule has 0 radical (unpaired) electrons. The highest BCUT2D eigenvalue weighted by Crippen LogP contribution is 2.26. The van der Waals surface area contributed by atoms with E-state index < -0.39 is 5.97 Å². The van der Waals surface area contributed by atoms with Crippen LogP contribution >= 0.6 is 11.3 Å². The SMILES string of the molecule is CC(c1ccc2scnc2c1)N1CCN(c2ncc(C(=O)O)cn2)CC1. The zero-order valence-electron chi connectivity index (χ0n) is 14.4. The van der Waals surface area contributed by atoms with Crippen molar-refractivity contribution < 1.29 is 9.90 Å². The highest BCUT2D eigenvalue weighted by molar-refractivity contribution is 7.16. The standard InChI is InChI=1S/C18H19N5O2S/c1-12(13-2-3-16-15(8-13)21-11-26-16)22-4-6-23(7-5-22)18-19-9-14(10-20-18)17(24)25/h2-3,8-12H,4-7H2,1H3,(H,24,25). The number of rotatable bonds is 4. The molecule has 0 aliphatic carbocycles. The number of carboxylic acids is 1. The quantitative estimate of drug-likeness (QED) is 0.757. The van der Waals surface area contributed by atoms with Crippen LogP contribution in [0.4, 0.5) is 5.95 Å². The number of hydrogen-bond acceptors (Lipinski definition) is 7. The minimum atomic E-state index is -1.01. The van der Waals surface area contributed by atoms with Gasteiger partial charge in [0.15, 0.2) is 0 Å². The molecule has 0 bridgehead atoms. The summed E-state index contributed by atoms with van der Waals surface area (Å²) in [5.41, 5.74) is 4.33. The van der Waals surface area contributed by atoms with Gasteiger partial charge in [0.2, 0.25) is 5.95 Å². The summed E-state index contributed by atoms with van der Waals surface area (Å²) in [5, 5.41) is 8.94. The lowest BCUT2D eigenvalue weighted by Crippen LogP contribution is -2.47. The van der Waals surface area contributed by atoms with E-state index in [1.807, 2.05) is 5.51 Å². The predicted molar refractivity (Wildman–Crippen MR) is 101 cm³/mol. The van der Waals surface area contributed by atoms with Crippen LogP contribution < -0.4 is 4.90 Å². The number of thiazole rings is 1. The Morgan fingerprint density at radius 2 is 1.88 bits per heavy atom. The van der Waals surface area contributed by atoms with Crippen molar-refractivity contribution in [2.24, 2.45) is 0 Å². The molecule has 1 aliphatic rings. The summed E-state index contributed by atoms with van der Waals surface area (Å²) >= 11 is 1.66. The van der Waals surface area contributed by atoms with Crippen molar-refractivity contribution in [3.8, 4) is 0 Å². The van der Waals surface area contributed by atoms with E-state index in [1.54, 1.807) is 11.3 Å². The van der Waals surface area contributed by atoms with E-state index in [1.165, 1.54) is 22.7 Å². The Balaban J connectivity index is 1.41. The lowest BCUT2D eigenvalue weighted by atomic mass is 10.1. The third-order valence-electron chi connectivity index (χ3n) is 4.87. The first kappa shape index (κ1) is 16.9. The van der Waals surface area contributed by atoms with Crippen LogP contribution in [0.25, 0.3) is 10.2 Å². The molecule has 1 N–H and O–H groups in total. The van der Waals surface area contributed by atoms with E-state index in [4.69, 9.17) is 5.11 Å². The Morgan fingerprint density at radius 1 is 1.15 bits per heavy atom. The average molecular weight is 369 g/mol. The van der Waals surface area contributed by atoms with Crippen LogP contribution in [0.15, 0.2) is 36.1 Å². The van der Waals surface area contributed by atoms with Crippen LogP contribution in [0.5, 0.6) is 0 Å². The number of carboxylic acid groups (broad SMARTS) is 1. The molecule has 1 unspecified atom stereocenters. The molecule has 134 valence electrons. The topological polar surface area (TPSA) is 82.5 Å². The zero-order valence-corrected chi connectivity index (χ0v) is 15.2.